The lowest BCUT2D eigenvalue weighted by Gasteiger charge is -2.12. The largest absolute Gasteiger partial charge is 0.368 e. The molecule has 20 heavy (non-hydrogen) atoms. The van der Waals surface area contributed by atoms with Crippen molar-refractivity contribution >= 4 is 11.7 Å². The Morgan fingerprint density at radius 3 is 2.95 bits per heavy atom. The zero-order chi connectivity index (χ0) is 13.8. The van der Waals surface area contributed by atoms with Crippen LogP contribution in [0.5, 0.6) is 0 Å². The first kappa shape index (κ1) is 12.9. The predicted molar refractivity (Wildman–Crippen MR) is 75.4 cm³/mol. The molecule has 1 atom stereocenters. The van der Waals surface area contributed by atoms with Gasteiger partial charge in [0.1, 0.15) is 11.9 Å². The van der Waals surface area contributed by atoms with Crippen LogP contribution < -0.4 is 5.32 Å². The number of amides is 1. The quantitative estimate of drug-likeness (QED) is 0.926. The molecule has 1 aromatic heterocycles. The Kier molecular flexibility index (Phi) is 3.78. The van der Waals surface area contributed by atoms with Gasteiger partial charge in [0.25, 0.3) is 5.91 Å². The number of nitrogens with one attached hydrogen (secondary N) is 1. The number of carbonyl (C=O) groups is 1. The Bertz CT molecular complexity index is 574. The van der Waals surface area contributed by atoms with Crippen molar-refractivity contribution in [1.82, 2.24) is 9.78 Å². The number of hydrogen-bond donors (Lipinski definition) is 1. The van der Waals surface area contributed by atoms with Gasteiger partial charge in [0, 0.05) is 12.7 Å². The van der Waals surface area contributed by atoms with Crippen LogP contribution in [0.4, 0.5) is 5.82 Å². The second-order valence-electron chi connectivity index (χ2n) is 4.85. The number of benzene rings is 1. The number of anilines is 1. The van der Waals surface area contributed by atoms with E-state index in [0.717, 1.165) is 18.4 Å². The first-order chi connectivity index (χ1) is 9.83. The summed E-state index contributed by atoms with van der Waals surface area (Å²) in [5.41, 5.74) is 1.14. The van der Waals surface area contributed by atoms with Crippen molar-refractivity contribution in [3.63, 3.8) is 0 Å². The van der Waals surface area contributed by atoms with Gasteiger partial charge >= 0.3 is 0 Å². The highest BCUT2D eigenvalue weighted by molar-refractivity contribution is 5.93. The highest BCUT2D eigenvalue weighted by Crippen LogP contribution is 2.15. The summed E-state index contributed by atoms with van der Waals surface area (Å²) in [7, 11) is 0. The zero-order valence-electron chi connectivity index (χ0n) is 11.2. The smallest absolute Gasteiger partial charge is 0.254 e. The van der Waals surface area contributed by atoms with Gasteiger partial charge in [0.15, 0.2) is 0 Å². The molecule has 0 saturated carbocycles. The minimum Gasteiger partial charge on any atom is -0.368 e. The van der Waals surface area contributed by atoms with Crippen molar-refractivity contribution in [2.24, 2.45) is 0 Å². The molecule has 3 rings (SSSR count). The van der Waals surface area contributed by atoms with E-state index >= 15 is 0 Å². The van der Waals surface area contributed by atoms with E-state index in [1.54, 1.807) is 16.9 Å². The van der Waals surface area contributed by atoms with Crippen LogP contribution in [0.1, 0.15) is 18.4 Å². The molecule has 2 heterocycles. The molecule has 0 unspecified atom stereocenters. The van der Waals surface area contributed by atoms with E-state index in [1.165, 1.54) is 0 Å². The van der Waals surface area contributed by atoms with Gasteiger partial charge in [-0.3, -0.25) is 4.79 Å². The van der Waals surface area contributed by atoms with E-state index in [1.807, 2.05) is 30.3 Å². The average molecular weight is 271 g/mol. The molecule has 1 aliphatic heterocycles. The lowest BCUT2D eigenvalue weighted by atomic mass is 10.2. The molecule has 5 nitrogen and oxygen atoms in total. The van der Waals surface area contributed by atoms with E-state index in [2.05, 4.69) is 10.4 Å². The van der Waals surface area contributed by atoms with Crippen molar-refractivity contribution in [2.45, 2.75) is 25.5 Å². The van der Waals surface area contributed by atoms with Crippen molar-refractivity contribution in [1.29, 1.82) is 0 Å². The summed E-state index contributed by atoms with van der Waals surface area (Å²) in [4.78, 5) is 12.0. The summed E-state index contributed by atoms with van der Waals surface area (Å²) in [6, 6.07) is 11.8. The van der Waals surface area contributed by atoms with Crippen LogP contribution in [0.25, 0.3) is 0 Å². The zero-order valence-corrected chi connectivity index (χ0v) is 11.2. The van der Waals surface area contributed by atoms with E-state index < -0.39 is 0 Å². The van der Waals surface area contributed by atoms with Crippen molar-refractivity contribution < 1.29 is 9.53 Å². The van der Waals surface area contributed by atoms with Crippen LogP contribution >= 0.6 is 0 Å². The van der Waals surface area contributed by atoms with Gasteiger partial charge in [-0.15, -0.1) is 0 Å². The summed E-state index contributed by atoms with van der Waals surface area (Å²) < 4.78 is 7.16. The first-order valence-electron chi connectivity index (χ1n) is 6.81. The second-order valence-corrected chi connectivity index (χ2v) is 4.85. The molecule has 1 N–H and O–H groups in total. The van der Waals surface area contributed by atoms with Gasteiger partial charge in [-0.25, -0.2) is 4.68 Å². The molecular weight excluding hydrogens is 254 g/mol. The Hall–Kier alpha value is -2.14. The van der Waals surface area contributed by atoms with E-state index in [9.17, 15) is 4.79 Å². The van der Waals surface area contributed by atoms with E-state index in [4.69, 9.17) is 4.74 Å². The summed E-state index contributed by atoms with van der Waals surface area (Å²) >= 11 is 0. The predicted octanol–water partition coefficient (Wildman–Crippen LogP) is 2.05. The molecule has 0 radical (unpaired) electrons. The van der Waals surface area contributed by atoms with Crippen LogP contribution in [0.3, 0.4) is 0 Å². The minimum atomic E-state index is -0.324. The van der Waals surface area contributed by atoms with Crippen molar-refractivity contribution in [3.05, 3.63) is 48.2 Å². The molecule has 1 aromatic carbocycles. The number of rotatable bonds is 4. The monoisotopic (exact) mass is 271 g/mol. The second kappa shape index (κ2) is 5.88. The number of carbonyl (C=O) groups excluding carboxylic acids is 1. The third kappa shape index (κ3) is 2.88. The van der Waals surface area contributed by atoms with Crippen LogP contribution in [0, 0.1) is 0 Å². The fraction of sp³-hybridized carbons (Fsp3) is 0.333. The van der Waals surface area contributed by atoms with Gasteiger partial charge in [0.05, 0.1) is 12.7 Å². The molecule has 0 bridgehead atoms. The summed E-state index contributed by atoms with van der Waals surface area (Å²) in [6.07, 6.45) is 3.10. The van der Waals surface area contributed by atoms with Gasteiger partial charge < -0.3 is 10.1 Å². The standard InChI is InChI=1S/C15H17N3O2/c19-15(13-7-4-10-20-13)17-14-8-9-16-18(14)11-12-5-2-1-3-6-12/h1-3,5-6,8-9,13H,4,7,10-11H2,(H,17,19)/t13-/m0/s1. The van der Waals surface area contributed by atoms with Crippen molar-refractivity contribution in [3.8, 4) is 0 Å². The normalized spacial score (nSPS) is 18.1. The molecule has 2 aromatic rings. The minimum absolute atomic E-state index is 0.0858. The molecule has 104 valence electrons. The molecule has 1 saturated heterocycles. The maximum atomic E-state index is 12.0. The van der Waals surface area contributed by atoms with Gasteiger partial charge in [-0.1, -0.05) is 30.3 Å². The third-order valence-corrected chi connectivity index (χ3v) is 3.37. The van der Waals surface area contributed by atoms with Gasteiger partial charge in [-0.2, -0.15) is 5.10 Å². The molecule has 5 heteroatoms. The van der Waals surface area contributed by atoms with E-state index in [0.29, 0.717) is 19.0 Å². The molecule has 1 amide bonds. The number of aromatic nitrogens is 2. The molecule has 0 aliphatic carbocycles. The number of nitrogens with zero attached hydrogens (tertiary/aromatic N) is 2. The maximum absolute atomic E-state index is 12.0. The SMILES string of the molecule is O=C(Nc1ccnn1Cc1ccccc1)[C@@H]1CCCO1. The van der Waals surface area contributed by atoms with Crippen LogP contribution in [-0.4, -0.2) is 28.4 Å². The Morgan fingerprint density at radius 1 is 1.35 bits per heavy atom. The van der Waals surface area contributed by atoms with Crippen LogP contribution in [0.2, 0.25) is 0 Å². The fourth-order valence-electron chi connectivity index (χ4n) is 2.31. The number of ether oxygens (including phenoxy) is 1. The van der Waals surface area contributed by atoms with Gasteiger partial charge in [0.2, 0.25) is 0 Å². The van der Waals surface area contributed by atoms with Gasteiger partial charge in [-0.05, 0) is 18.4 Å². The Morgan fingerprint density at radius 2 is 2.20 bits per heavy atom. The van der Waals surface area contributed by atoms with Crippen molar-refractivity contribution in [2.75, 3.05) is 11.9 Å². The third-order valence-electron chi connectivity index (χ3n) is 3.37. The van der Waals surface area contributed by atoms with Crippen LogP contribution in [0.15, 0.2) is 42.6 Å². The highest BCUT2D eigenvalue weighted by atomic mass is 16.5. The highest BCUT2D eigenvalue weighted by Gasteiger charge is 2.24. The summed E-state index contributed by atoms with van der Waals surface area (Å²) in [6.45, 7) is 1.30. The fourth-order valence-corrected chi connectivity index (χ4v) is 2.31. The van der Waals surface area contributed by atoms with Crippen LogP contribution in [-0.2, 0) is 16.1 Å². The maximum Gasteiger partial charge on any atom is 0.254 e. The number of hydrogen-bond acceptors (Lipinski definition) is 3. The molecule has 1 fully saturated rings. The molecular formula is C15H17N3O2. The topological polar surface area (TPSA) is 56.2 Å². The van der Waals surface area contributed by atoms with E-state index in [-0.39, 0.29) is 12.0 Å². The summed E-state index contributed by atoms with van der Waals surface area (Å²) in [5.74, 6) is 0.617. The average Bonchev–Trinajstić information content (AvgIpc) is 3.12. The first-order valence-corrected chi connectivity index (χ1v) is 6.81. The molecule has 1 aliphatic rings. The Balaban J connectivity index is 1.68. The Labute approximate surface area is 117 Å². The molecule has 0 spiro atoms. The lowest BCUT2D eigenvalue weighted by Crippen LogP contribution is -2.28. The lowest BCUT2D eigenvalue weighted by molar-refractivity contribution is -0.124. The summed E-state index contributed by atoms with van der Waals surface area (Å²) in [5, 5.41) is 7.14.